The third kappa shape index (κ3) is 5.55. The third-order valence-electron chi connectivity index (χ3n) is 3.16. The van der Waals surface area contributed by atoms with E-state index in [0.717, 1.165) is 15.6 Å². The number of benzene rings is 2. The highest BCUT2D eigenvalue weighted by Gasteiger charge is 2.09. The first-order valence-electron chi connectivity index (χ1n) is 7.17. The number of ether oxygens (including phenoxy) is 1. The molecule has 0 fully saturated rings. The van der Waals surface area contributed by atoms with Gasteiger partial charge in [0.15, 0.2) is 6.61 Å². The van der Waals surface area contributed by atoms with Crippen molar-refractivity contribution in [3.05, 3.63) is 54.4 Å². The number of hydrogen-bond acceptors (Lipinski definition) is 4. The van der Waals surface area contributed by atoms with Crippen molar-refractivity contribution in [1.82, 2.24) is 5.43 Å². The van der Waals surface area contributed by atoms with Gasteiger partial charge in [-0.2, -0.15) is 5.10 Å². The molecule has 2 aromatic rings. The van der Waals surface area contributed by atoms with E-state index in [1.54, 1.807) is 12.1 Å². The van der Waals surface area contributed by atoms with Crippen LogP contribution in [0.2, 0.25) is 0 Å². The number of carbonyl (C=O) groups is 1. The molecule has 1 amide bonds. The minimum atomic E-state index is -0.375. The molecule has 0 saturated carbocycles. The molecule has 2 N–H and O–H groups in total. The van der Waals surface area contributed by atoms with Crippen LogP contribution in [0.4, 0.5) is 0 Å². The number of nitrogens with zero attached hydrogens (tertiary/aromatic N) is 1. The lowest BCUT2D eigenvalue weighted by molar-refractivity contribution is -0.123. The van der Waals surface area contributed by atoms with Crippen molar-refractivity contribution in [3.8, 4) is 11.5 Å². The van der Waals surface area contributed by atoms with Crippen molar-refractivity contribution >= 4 is 59.9 Å². The second-order valence-corrected chi connectivity index (χ2v) is 7.87. The first-order valence-corrected chi connectivity index (χ1v) is 9.55. The molecular formula is C17H15Br3N2O3. The van der Waals surface area contributed by atoms with Gasteiger partial charge in [-0.3, -0.25) is 4.79 Å². The molecule has 0 saturated heterocycles. The van der Waals surface area contributed by atoms with Crippen LogP contribution >= 0.6 is 47.8 Å². The van der Waals surface area contributed by atoms with E-state index >= 15 is 0 Å². The fourth-order valence-electron chi connectivity index (χ4n) is 2.09. The highest BCUT2D eigenvalue weighted by molar-refractivity contribution is 9.11. The number of hydrogen-bond donors (Lipinski definition) is 2. The number of hydrazone groups is 1. The summed E-state index contributed by atoms with van der Waals surface area (Å²) in [5.41, 5.74) is 5.16. The largest absolute Gasteiger partial charge is 0.506 e. The summed E-state index contributed by atoms with van der Waals surface area (Å²) in [5.74, 6) is 0.366. The Kier molecular flexibility index (Phi) is 7.04. The summed E-state index contributed by atoms with van der Waals surface area (Å²) >= 11 is 9.90. The predicted molar refractivity (Wildman–Crippen MR) is 108 cm³/mol. The zero-order valence-electron chi connectivity index (χ0n) is 13.4. The Morgan fingerprint density at radius 3 is 2.40 bits per heavy atom. The normalized spacial score (nSPS) is 10.9. The van der Waals surface area contributed by atoms with E-state index < -0.39 is 0 Å². The summed E-state index contributed by atoms with van der Waals surface area (Å²) in [6.07, 6.45) is 1.47. The van der Waals surface area contributed by atoms with E-state index in [1.807, 2.05) is 26.0 Å². The van der Waals surface area contributed by atoms with Crippen molar-refractivity contribution in [2.24, 2.45) is 5.10 Å². The van der Waals surface area contributed by atoms with Crippen LogP contribution < -0.4 is 10.2 Å². The maximum Gasteiger partial charge on any atom is 0.277 e. The summed E-state index contributed by atoms with van der Waals surface area (Å²) in [4.78, 5) is 11.9. The van der Waals surface area contributed by atoms with E-state index in [9.17, 15) is 9.90 Å². The van der Waals surface area contributed by atoms with Gasteiger partial charge < -0.3 is 9.84 Å². The van der Waals surface area contributed by atoms with E-state index in [0.29, 0.717) is 20.3 Å². The Morgan fingerprint density at radius 1 is 1.16 bits per heavy atom. The molecule has 8 heteroatoms. The van der Waals surface area contributed by atoms with E-state index in [1.165, 1.54) is 6.21 Å². The quantitative estimate of drug-likeness (QED) is 0.426. The van der Waals surface area contributed by atoms with Crippen molar-refractivity contribution in [3.63, 3.8) is 0 Å². The molecule has 0 aliphatic heterocycles. The standard InChI is InChI=1S/C17H15Br3N2O3/c1-9-3-10(2)17(14(20)4-9)25-8-15(23)22-21-7-11-5-12(18)16(24)13(19)6-11/h3-7,24H,8H2,1-2H3,(H,22,23). The molecule has 0 aromatic heterocycles. The molecule has 0 radical (unpaired) electrons. The van der Waals surface area contributed by atoms with Crippen molar-refractivity contribution in [1.29, 1.82) is 0 Å². The summed E-state index contributed by atoms with van der Waals surface area (Å²) in [6.45, 7) is 3.76. The SMILES string of the molecule is Cc1cc(C)c(OCC(=O)NN=Cc2cc(Br)c(O)c(Br)c2)c(Br)c1. The average molecular weight is 535 g/mol. The molecule has 132 valence electrons. The Bertz CT molecular complexity index is 792. The van der Waals surface area contributed by atoms with Crippen LogP contribution in [0.5, 0.6) is 11.5 Å². The third-order valence-corrected chi connectivity index (χ3v) is 4.96. The van der Waals surface area contributed by atoms with Gasteiger partial charge in [0.25, 0.3) is 5.91 Å². The minimum absolute atomic E-state index is 0.105. The molecule has 0 bridgehead atoms. The number of amides is 1. The van der Waals surface area contributed by atoms with Crippen molar-refractivity contribution in [2.45, 2.75) is 13.8 Å². The summed E-state index contributed by atoms with van der Waals surface area (Å²) in [5, 5.41) is 13.5. The van der Waals surface area contributed by atoms with Gasteiger partial charge >= 0.3 is 0 Å². The summed E-state index contributed by atoms with van der Waals surface area (Å²) in [7, 11) is 0. The number of rotatable bonds is 5. The van der Waals surface area contributed by atoms with E-state index in [2.05, 4.69) is 58.3 Å². The zero-order chi connectivity index (χ0) is 18.6. The van der Waals surface area contributed by atoms with Gasteiger partial charge in [0.1, 0.15) is 11.5 Å². The van der Waals surface area contributed by atoms with E-state index in [4.69, 9.17) is 4.74 Å². The van der Waals surface area contributed by atoms with Crippen LogP contribution in [0.1, 0.15) is 16.7 Å². The molecule has 2 aromatic carbocycles. The number of aryl methyl sites for hydroxylation is 2. The molecule has 0 spiro atoms. The van der Waals surface area contributed by atoms with Gasteiger partial charge in [0.2, 0.25) is 0 Å². The van der Waals surface area contributed by atoms with Crippen LogP contribution in [0.3, 0.4) is 0 Å². The van der Waals surface area contributed by atoms with Gasteiger partial charge in [-0.1, -0.05) is 6.07 Å². The molecular weight excluding hydrogens is 520 g/mol. The topological polar surface area (TPSA) is 70.9 Å². The van der Waals surface area contributed by atoms with Gasteiger partial charge in [-0.15, -0.1) is 0 Å². The number of aromatic hydroxyl groups is 1. The second-order valence-electron chi connectivity index (χ2n) is 5.31. The van der Waals surface area contributed by atoms with Crippen LogP contribution in [0.25, 0.3) is 0 Å². The number of phenols is 1. The highest BCUT2D eigenvalue weighted by atomic mass is 79.9. The lowest BCUT2D eigenvalue weighted by Crippen LogP contribution is -2.24. The summed E-state index contributed by atoms with van der Waals surface area (Å²) < 4.78 is 7.42. The van der Waals surface area contributed by atoms with Crippen LogP contribution in [0.15, 0.2) is 42.8 Å². The Hall–Kier alpha value is -1.38. The van der Waals surface area contributed by atoms with Crippen molar-refractivity contribution < 1.29 is 14.6 Å². The number of nitrogens with one attached hydrogen (secondary N) is 1. The lowest BCUT2D eigenvalue weighted by atomic mass is 10.1. The first kappa shape index (κ1) is 19.9. The molecule has 5 nitrogen and oxygen atoms in total. The second kappa shape index (κ2) is 8.82. The molecule has 0 aliphatic carbocycles. The van der Waals surface area contributed by atoms with Crippen LogP contribution in [0, 0.1) is 13.8 Å². The Balaban J connectivity index is 1.93. The number of carbonyl (C=O) groups excluding carboxylic acids is 1. The van der Waals surface area contributed by atoms with Crippen LogP contribution in [-0.2, 0) is 4.79 Å². The fourth-order valence-corrected chi connectivity index (χ4v) is 4.10. The molecule has 25 heavy (non-hydrogen) atoms. The van der Waals surface area contributed by atoms with Gasteiger partial charge in [0, 0.05) is 0 Å². The smallest absolute Gasteiger partial charge is 0.277 e. The maximum absolute atomic E-state index is 11.9. The Labute approximate surface area is 170 Å². The maximum atomic E-state index is 11.9. The van der Waals surface area contributed by atoms with Gasteiger partial charge in [0.05, 0.1) is 19.6 Å². The first-order chi connectivity index (χ1) is 11.8. The fraction of sp³-hybridized carbons (Fsp3) is 0.176. The molecule has 0 unspecified atom stereocenters. The Morgan fingerprint density at radius 2 is 1.80 bits per heavy atom. The number of halogens is 3. The lowest BCUT2D eigenvalue weighted by Gasteiger charge is -2.11. The minimum Gasteiger partial charge on any atom is -0.506 e. The van der Waals surface area contributed by atoms with Gasteiger partial charge in [-0.05, 0) is 96.5 Å². The molecule has 0 aliphatic rings. The van der Waals surface area contributed by atoms with Gasteiger partial charge in [-0.25, -0.2) is 5.43 Å². The number of phenolic OH excluding ortho intramolecular Hbond substituents is 1. The average Bonchev–Trinajstić information content (AvgIpc) is 2.51. The molecule has 2 rings (SSSR count). The van der Waals surface area contributed by atoms with Crippen molar-refractivity contribution in [2.75, 3.05) is 6.61 Å². The monoisotopic (exact) mass is 532 g/mol. The molecule has 0 atom stereocenters. The molecule has 0 heterocycles. The highest BCUT2D eigenvalue weighted by Crippen LogP contribution is 2.33. The zero-order valence-corrected chi connectivity index (χ0v) is 18.2. The summed E-state index contributed by atoms with van der Waals surface area (Å²) in [6, 6.07) is 7.27. The van der Waals surface area contributed by atoms with E-state index in [-0.39, 0.29) is 18.3 Å². The van der Waals surface area contributed by atoms with Crippen LogP contribution in [-0.4, -0.2) is 23.8 Å². The predicted octanol–water partition coefficient (Wildman–Crippen LogP) is 4.83.